The molecule has 1 rings (SSSR count). The molecule has 0 heterocycles. The van der Waals surface area contributed by atoms with E-state index >= 15 is 0 Å². The predicted molar refractivity (Wildman–Crippen MR) is 114 cm³/mol. The Morgan fingerprint density at radius 2 is 1.84 bits per heavy atom. The minimum atomic E-state index is -0.371. The van der Waals surface area contributed by atoms with Crippen LogP contribution in [0.25, 0.3) is 0 Å². The van der Waals surface area contributed by atoms with Crippen molar-refractivity contribution in [2.24, 2.45) is 15.8 Å². The highest BCUT2D eigenvalue weighted by atomic mass is 127. The molecule has 0 bridgehead atoms. The molecule has 148 valence electrons. The van der Waals surface area contributed by atoms with Crippen molar-refractivity contribution in [3.05, 3.63) is 0 Å². The standard InChI is InChI=1S/C18H36N4O2.HI/c1-6-19-16(21-12-11-20-15(24)17(2,3)4)22-13-18(5)10-8-7-9-14(18)23;/h14,23H,6-13H2,1-5H3,(H,20,24)(H2,19,21,22);1H. The van der Waals surface area contributed by atoms with Crippen LogP contribution in [0, 0.1) is 10.8 Å². The van der Waals surface area contributed by atoms with Crippen LogP contribution in [0.4, 0.5) is 0 Å². The molecule has 0 aromatic rings. The Morgan fingerprint density at radius 3 is 2.40 bits per heavy atom. The summed E-state index contributed by atoms with van der Waals surface area (Å²) in [5.74, 6) is 0.783. The Labute approximate surface area is 170 Å². The molecule has 6 nitrogen and oxygen atoms in total. The van der Waals surface area contributed by atoms with Crippen LogP contribution >= 0.6 is 24.0 Å². The summed E-state index contributed by atoms with van der Waals surface area (Å²) in [7, 11) is 0. The summed E-state index contributed by atoms with van der Waals surface area (Å²) < 4.78 is 0. The number of rotatable bonds is 6. The van der Waals surface area contributed by atoms with Gasteiger partial charge in [-0.3, -0.25) is 9.79 Å². The van der Waals surface area contributed by atoms with Crippen LogP contribution in [0.15, 0.2) is 4.99 Å². The molecule has 7 heteroatoms. The first-order chi connectivity index (χ1) is 11.2. The molecular weight excluding hydrogens is 431 g/mol. The smallest absolute Gasteiger partial charge is 0.225 e. The molecule has 1 fully saturated rings. The van der Waals surface area contributed by atoms with Crippen LogP contribution in [0.5, 0.6) is 0 Å². The SMILES string of the molecule is CCNC(=NCC1(C)CCCCC1O)NCCNC(=O)C(C)(C)C.I. The van der Waals surface area contributed by atoms with Crippen LogP contribution < -0.4 is 16.0 Å². The summed E-state index contributed by atoms with van der Waals surface area (Å²) in [4.78, 5) is 16.5. The van der Waals surface area contributed by atoms with E-state index in [0.717, 1.165) is 38.2 Å². The molecule has 2 unspecified atom stereocenters. The largest absolute Gasteiger partial charge is 0.392 e. The molecule has 0 saturated heterocycles. The van der Waals surface area contributed by atoms with Crippen molar-refractivity contribution in [1.82, 2.24) is 16.0 Å². The molecule has 1 aliphatic rings. The van der Waals surface area contributed by atoms with Crippen LogP contribution in [0.1, 0.15) is 60.3 Å². The Bertz CT molecular complexity index is 437. The van der Waals surface area contributed by atoms with Crippen LogP contribution in [-0.2, 0) is 4.79 Å². The molecule has 0 radical (unpaired) electrons. The van der Waals surface area contributed by atoms with Gasteiger partial charge in [-0.15, -0.1) is 24.0 Å². The Hall–Kier alpha value is -0.570. The number of aliphatic hydroxyl groups excluding tert-OH is 1. The number of hydrogen-bond acceptors (Lipinski definition) is 3. The van der Waals surface area contributed by atoms with E-state index in [0.29, 0.717) is 19.6 Å². The molecule has 25 heavy (non-hydrogen) atoms. The third kappa shape index (κ3) is 8.57. The lowest BCUT2D eigenvalue weighted by atomic mass is 9.73. The normalized spacial score (nSPS) is 24.2. The Kier molecular flexibility index (Phi) is 11.0. The summed E-state index contributed by atoms with van der Waals surface area (Å²) in [6.07, 6.45) is 3.87. The van der Waals surface area contributed by atoms with Gasteiger partial charge in [0.2, 0.25) is 5.91 Å². The number of nitrogens with zero attached hydrogens (tertiary/aromatic N) is 1. The highest BCUT2D eigenvalue weighted by molar-refractivity contribution is 14.0. The third-order valence-electron chi connectivity index (χ3n) is 4.61. The van der Waals surface area contributed by atoms with Crippen LogP contribution in [0.3, 0.4) is 0 Å². The van der Waals surface area contributed by atoms with Crippen molar-refractivity contribution in [3.63, 3.8) is 0 Å². The van der Waals surface area contributed by atoms with Gasteiger partial charge in [0.25, 0.3) is 0 Å². The van der Waals surface area contributed by atoms with Gasteiger partial charge in [-0.25, -0.2) is 0 Å². The number of amides is 1. The van der Waals surface area contributed by atoms with Crippen LogP contribution in [-0.4, -0.2) is 49.3 Å². The van der Waals surface area contributed by atoms with Gasteiger partial charge in [0.1, 0.15) is 0 Å². The van der Waals surface area contributed by atoms with Crippen molar-refractivity contribution >= 4 is 35.8 Å². The molecular formula is C18H37IN4O2. The Morgan fingerprint density at radius 1 is 1.20 bits per heavy atom. The van der Waals surface area contributed by atoms with E-state index in [9.17, 15) is 9.90 Å². The zero-order chi connectivity index (χ0) is 18.2. The number of aliphatic imine (C=N–C) groups is 1. The summed E-state index contributed by atoms with van der Waals surface area (Å²) in [5.41, 5.74) is -0.509. The van der Waals surface area contributed by atoms with E-state index in [1.165, 1.54) is 0 Å². The number of carbonyl (C=O) groups excluding carboxylic acids is 1. The Balaban J connectivity index is 0.00000576. The quantitative estimate of drug-likeness (QED) is 0.209. The molecule has 1 amide bonds. The fourth-order valence-electron chi connectivity index (χ4n) is 2.79. The summed E-state index contributed by atoms with van der Waals surface area (Å²) in [6.45, 7) is 12.4. The molecule has 4 N–H and O–H groups in total. The third-order valence-corrected chi connectivity index (χ3v) is 4.61. The van der Waals surface area contributed by atoms with Gasteiger partial charge in [0.05, 0.1) is 12.6 Å². The maximum Gasteiger partial charge on any atom is 0.225 e. The highest BCUT2D eigenvalue weighted by Crippen LogP contribution is 2.36. The zero-order valence-electron chi connectivity index (χ0n) is 16.4. The zero-order valence-corrected chi connectivity index (χ0v) is 18.8. The second-order valence-corrected chi connectivity index (χ2v) is 8.04. The molecule has 0 spiro atoms. The van der Waals surface area contributed by atoms with Gasteiger partial charge in [-0.2, -0.15) is 0 Å². The predicted octanol–water partition coefficient (Wildman–Crippen LogP) is 2.26. The van der Waals surface area contributed by atoms with Gasteiger partial charge < -0.3 is 21.1 Å². The van der Waals surface area contributed by atoms with E-state index in [1.807, 2.05) is 27.7 Å². The van der Waals surface area contributed by atoms with E-state index < -0.39 is 0 Å². The average Bonchev–Trinajstić information content (AvgIpc) is 2.51. The average molecular weight is 468 g/mol. The van der Waals surface area contributed by atoms with Crippen molar-refractivity contribution in [2.75, 3.05) is 26.2 Å². The second kappa shape index (κ2) is 11.2. The molecule has 0 aromatic heterocycles. The first-order valence-corrected chi connectivity index (χ1v) is 9.17. The monoisotopic (exact) mass is 468 g/mol. The molecule has 1 saturated carbocycles. The van der Waals surface area contributed by atoms with E-state index in [1.54, 1.807) is 0 Å². The highest BCUT2D eigenvalue weighted by Gasteiger charge is 2.35. The number of carbonyl (C=O) groups is 1. The summed E-state index contributed by atoms with van der Waals surface area (Å²) in [5, 5.41) is 19.6. The lowest BCUT2D eigenvalue weighted by molar-refractivity contribution is -0.128. The molecule has 0 aliphatic heterocycles. The minimum Gasteiger partial charge on any atom is -0.392 e. The molecule has 1 aliphatic carbocycles. The maximum atomic E-state index is 11.8. The van der Waals surface area contributed by atoms with Gasteiger partial charge >= 0.3 is 0 Å². The lowest BCUT2D eigenvalue weighted by Gasteiger charge is -2.37. The van der Waals surface area contributed by atoms with Crippen molar-refractivity contribution < 1.29 is 9.90 Å². The van der Waals surface area contributed by atoms with Gasteiger partial charge in [0.15, 0.2) is 5.96 Å². The van der Waals surface area contributed by atoms with E-state index in [4.69, 9.17) is 0 Å². The van der Waals surface area contributed by atoms with E-state index in [-0.39, 0.29) is 46.8 Å². The van der Waals surface area contributed by atoms with Gasteiger partial charge in [-0.05, 0) is 19.8 Å². The number of halogens is 1. The number of hydrogen-bond donors (Lipinski definition) is 4. The second-order valence-electron chi connectivity index (χ2n) is 8.04. The fourth-order valence-corrected chi connectivity index (χ4v) is 2.79. The van der Waals surface area contributed by atoms with Crippen molar-refractivity contribution in [1.29, 1.82) is 0 Å². The minimum absolute atomic E-state index is 0. The first kappa shape index (κ1) is 24.4. The maximum absolute atomic E-state index is 11.8. The van der Waals surface area contributed by atoms with Crippen molar-refractivity contribution in [3.8, 4) is 0 Å². The van der Waals surface area contributed by atoms with Crippen molar-refractivity contribution in [2.45, 2.75) is 66.4 Å². The van der Waals surface area contributed by atoms with Gasteiger partial charge in [0, 0.05) is 30.5 Å². The number of guanidine groups is 1. The number of nitrogens with one attached hydrogen (secondary N) is 3. The van der Waals surface area contributed by atoms with E-state index in [2.05, 4.69) is 27.9 Å². The molecule has 2 atom stereocenters. The summed E-state index contributed by atoms with van der Waals surface area (Å²) in [6, 6.07) is 0. The molecule has 0 aromatic carbocycles. The van der Waals surface area contributed by atoms with Gasteiger partial charge in [-0.1, -0.05) is 40.5 Å². The summed E-state index contributed by atoms with van der Waals surface area (Å²) >= 11 is 0. The number of aliphatic hydroxyl groups is 1. The first-order valence-electron chi connectivity index (χ1n) is 9.17. The van der Waals surface area contributed by atoms with Crippen LogP contribution in [0.2, 0.25) is 0 Å². The lowest BCUT2D eigenvalue weighted by Crippen LogP contribution is -2.44. The topological polar surface area (TPSA) is 85.8 Å². The fraction of sp³-hybridized carbons (Fsp3) is 0.889.